The Morgan fingerprint density at radius 3 is 2.27 bits per heavy atom. The van der Waals surface area contributed by atoms with Crippen LogP contribution in [-0.4, -0.2) is 21.4 Å². The maximum absolute atomic E-state index is 13.8. The number of hydrogen-bond acceptors (Lipinski definition) is 4. The van der Waals surface area contributed by atoms with E-state index in [9.17, 15) is 22.0 Å². The minimum absolute atomic E-state index is 0.0194. The molecule has 0 aliphatic rings. The van der Waals surface area contributed by atoms with Crippen molar-refractivity contribution in [2.24, 2.45) is 0 Å². The number of benzene rings is 3. The van der Waals surface area contributed by atoms with Crippen LogP contribution in [0.3, 0.4) is 0 Å². The van der Waals surface area contributed by atoms with Crippen LogP contribution in [0.1, 0.15) is 15.9 Å². The number of methoxy groups -OCH3 is 1. The number of rotatable bonds is 6. The first kappa shape index (κ1) is 21.3. The standard InChI is InChI=1S/C21H18F2N2O4S/c1-13-3-4-14(21(26)24-19-10-5-15(22)12-18(19)23)11-20(13)25-30(27,28)17-8-6-16(29-2)7-9-17/h3-12,25H,1-2H3,(H,24,26). The Morgan fingerprint density at radius 1 is 0.933 bits per heavy atom. The molecule has 0 saturated carbocycles. The second kappa shape index (κ2) is 8.50. The molecule has 30 heavy (non-hydrogen) atoms. The first-order chi connectivity index (χ1) is 14.2. The lowest BCUT2D eigenvalue weighted by Crippen LogP contribution is -2.16. The van der Waals surface area contributed by atoms with Crippen LogP contribution in [0, 0.1) is 18.6 Å². The molecule has 0 spiro atoms. The van der Waals surface area contributed by atoms with E-state index in [-0.39, 0.29) is 21.8 Å². The van der Waals surface area contributed by atoms with Crippen LogP contribution in [0.15, 0.2) is 65.6 Å². The van der Waals surface area contributed by atoms with Gasteiger partial charge in [0.2, 0.25) is 0 Å². The fraction of sp³-hybridized carbons (Fsp3) is 0.0952. The molecule has 0 aliphatic carbocycles. The molecular formula is C21H18F2N2O4S. The molecule has 3 aromatic carbocycles. The maximum atomic E-state index is 13.8. The van der Waals surface area contributed by atoms with Gasteiger partial charge in [-0.1, -0.05) is 6.07 Å². The molecule has 0 radical (unpaired) electrons. The van der Waals surface area contributed by atoms with Crippen LogP contribution in [0.2, 0.25) is 0 Å². The van der Waals surface area contributed by atoms with Gasteiger partial charge < -0.3 is 10.1 Å². The number of sulfonamides is 1. The van der Waals surface area contributed by atoms with Crippen molar-refractivity contribution in [3.8, 4) is 5.75 Å². The molecule has 0 heterocycles. The number of anilines is 2. The van der Waals surface area contributed by atoms with Gasteiger partial charge in [-0.25, -0.2) is 17.2 Å². The van der Waals surface area contributed by atoms with E-state index in [1.807, 2.05) is 0 Å². The van der Waals surface area contributed by atoms with Gasteiger partial charge in [-0.15, -0.1) is 0 Å². The number of nitrogens with one attached hydrogen (secondary N) is 2. The normalized spacial score (nSPS) is 11.1. The molecule has 6 nitrogen and oxygen atoms in total. The molecule has 0 aliphatic heterocycles. The molecule has 3 aromatic rings. The van der Waals surface area contributed by atoms with Crippen LogP contribution in [-0.2, 0) is 10.0 Å². The highest BCUT2D eigenvalue weighted by Gasteiger charge is 2.17. The number of carbonyl (C=O) groups is 1. The first-order valence-corrected chi connectivity index (χ1v) is 10.2. The highest BCUT2D eigenvalue weighted by atomic mass is 32.2. The summed E-state index contributed by atoms with van der Waals surface area (Å²) in [4.78, 5) is 12.5. The van der Waals surface area contributed by atoms with E-state index in [2.05, 4.69) is 10.0 Å². The third-order valence-corrected chi connectivity index (χ3v) is 5.67. The summed E-state index contributed by atoms with van der Waals surface area (Å²) in [6, 6.07) is 13.0. The summed E-state index contributed by atoms with van der Waals surface area (Å²) >= 11 is 0. The summed E-state index contributed by atoms with van der Waals surface area (Å²) in [5, 5.41) is 2.34. The van der Waals surface area contributed by atoms with E-state index < -0.39 is 27.6 Å². The van der Waals surface area contributed by atoms with Gasteiger partial charge in [0.25, 0.3) is 15.9 Å². The van der Waals surface area contributed by atoms with Crippen molar-refractivity contribution in [1.82, 2.24) is 0 Å². The van der Waals surface area contributed by atoms with E-state index >= 15 is 0 Å². The molecule has 156 valence electrons. The number of aryl methyl sites for hydroxylation is 1. The molecule has 1 amide bonds. The molecule has 0 fully saturated rings. The average molecular weight is 432 g/mol. The van der Waals surface area contributed by atoms with Gasteiger partial charge in [-0.3, -0.25) is 9.52 Å². The van der Waals surface area contributed by atoms with Gasteiger partial charge in [-0.2, -0.15) is 0 Å². The van der Waals surface area contributed by atoms with E-state index in [1.165, 1.54) is 43.5 Å². The van der Waals surface area contributed by atoms with Crippen molar-refractivity contribution in [2.45, 2.75) is 11.8 Å². The van der Waals surface area contributed by atoms with Crippen LogP contribution in [0.25, 0.3) is 0 Å². The zero-order valence-electron chi connectivity index (χ0n) is 16.1. The second-order valence-electron chi connectivity index (χ2n) is 6.39. The predicted octanol–water partition coefficient (Wildman–Crippen LogP) is 4.33. The largest absolute Gasteiger partial charge is 0.497 e. The summed E-state index contributed by atoms with van der Waals surface area (Å²) in [5.74, 6) is -1.85. The van der Waals surface area contributed by atoms with Gasteiger partial charge in [0.1, 0.15) is 17.4 Å². The average Bonchev–Trinajstić information content (AvgIpc) is 2.71. The van der Waals surface area contributed by atoms with E-state index in [0.29, 0.717) is 17.4 Å². The third kappa shape index (κ3) is 4.74. The SMILES string of the molecule is COc1ccc(S(=O)(=O)Nc2cc(C(=O)Nc3ccc(F)cc3F)ccc2C)cc1. The fourth-order valence-corrected chi connectivity index (χ4v) is 3.74. The quantitative estimate of drug-likeness (QED) is 0.607. The van der Waals surface area contributed by atoms with Crippen LogP contribution < -0.4 is 14.8 Å². The highest BCUT2D eigenvalue weighted by molar-refractivity contribution is 7.92. The molecule has 0 unspecified atom stereocenters. The Labute approximate surface area is 172 Å². The van der Waals surface area contributed by atoms with Crippen molar-refractivity contribution < 1.29 is 26.7 Å². The molecule has 0 atom stereocenters. The second-order valence-corrected chi connectivity index (χ2v) is 8.07. The lowest BCUT2D eigenvalue weighted by atomic mass is 10.1. The predicted molar refractivity (Wildman–Crippen MR) is 109 cm³/mol. The van der Waals surface area contributed by atoms with Crippen LogP contribution >= 0.6 is 0 Å². The summed E-state index contributed by atoms with van der Waals surface area (Å²) in [5.41, 5.74) is 0.675. The molecular weight excluding hydrogens is 414 g/mol. The summed E-state index contributed by atoms with van der Waals surface area (Å²) in [7, 11) is -2.44. The first-order valence-electron chi connectivity index (χ1n) is 8.73. The van der Waals surface area contributed by atoms with E-state index in [4.69, 9.17) is 4.74 Å². The van der Waals surface area contributed by atoms with Crippen molar-refractivity contribution in [1.29, 1.82) is 0 Å². The topological polar surface area (TPSA) is 84.5 Å². The van der Waals surface area contributed by atoms with Crippen molar-refractivity contribution >= 4 is 27.3 Å². The third-order valence-electron chi connectivity index (χ3n) is 4.29. The highest BCUT2D eigenvalue weighted by Crippen LogP contribution is 2.24. The molecule has 0 aromatic heterocycles. The van der Waals surface area contributed by atoms with Crippen molar-refractivity contribution in [2.75, 3.05) is 17.1 Å². The fourth-order valence-electron chi connectivity index (χ4n) is 2.62. The van der Waals surface area contributed by atoms with Crippen molar-refractivity contribution in [3.05, 3.63) is 83.4 Å². The summed E-state index contributed by atoms with van der Waals surface area (Å²) in [6.07, 6.45) is 0. The van der Waals surface area contributed by atoms with Crippen LogP contribution in [0.5, 0.6) is 5.75 Å². The molecule has 0 bridgehead atoms. The zero-order chi connectivity index (χ0) is 21.9. The monoisotopic (exact) mass is 432 g/mol. The summed E-state index contributed by atoms with van der Waals surface area (Å²) < 4.78 is 59.6. The zero-order valence-corrected chi connectivity index (χ0v) is 16.9. The minimum atomic E-state index is -3.91. The molecule has 2 N–H and O–H groups in total. The van der Waals surface area contributed by atoms with E-state index in [0.717, 1.165) is 12.1 Å². The minimum Gasteiger partial charge on any atom is -0.497 e. The van der Waals surface area contributed by atoms with Gasteiger partial charge in [0, 0.05) is 11.6 Å². The number of amides is 1. The Hall–Kier alpha value is -3.46. The lowest BCUT2D eigenvalue weighted by Gasteiger charge is -2.13. The maximum Gasteiger partial charge on any atom is 0.261 e. The molecule has 9 heteroatoms. The summed E-state index contributed by atoms with van der Waals surface area (Å²) in [6.45, 7) is 1.67. The smallest absolute Gasteiger partial charge is 0.261 e. The Kier molecular flexibility index (Phi) is 6.02. The Bertz CT molecular complexity index is 1200. The van der Waals surface area contributed by atoms with Gasteiger partial charge in [0.15, 0.2) is 0 Å². The van der Waals surface area contributed by atoms with Gasteiger partial charge >= 0.3 is 0 Å². The van der Waals surface area contributed by atoms with Gasteiger partial charge in [0.05, 0.1) is 23.4 Å². The van der Waals surface area contributed by atoms with Crippen molar-refractivity contribution in [3.63, 3.8) is 0 Å². The van der Waals surface area contributed by atoms with Gasteiger partial charge in [-0.05, 0) is 61.0 Å². The number of carbonyl (C=O) groups excluding carboxylic acids is 1. The Morgan fingerprint density at radius 2 is 1.63 bits per heavy atom. The number of hydrogen-bond donors (Lipinski definition) is 2. The molecule has 3 rings (SSSR count). The lowest BCUT2D eigenvalue weighted by molar-refractivity contribution is 0.102. The van der Waals surface area contributed by atoms with Crippen LogP contribution in [0.4, 0.5) is 20.2 Å². The number of ether oxygens (including phenoxy) is 1. The van der Waals surface area contributed by atoms with E-state index in [1.54, 1.807) is 13.0 Å². The number of halogens is 2. The Balaban J connectivity index is 1.84. The molecule has 0 saturated heterocycles.